The monoisotopic (exact) mass is 246 g/mol. The van der Waals surface area contributed by atoms with Gasteiger partial charge in [-0.1, -0.05) is 0 Å². The van der Waals surface area contributed by atoms with Crippen molar-refractivity contribution in [3.05, 3.63) is 28.2 Å². The van der Waals surface area contributed by atoms with Crippen molar-refractivity contribution in [3.8, 4) is 0 Å². The molecule has 0 aliphatic rings. The maximum Gasteiger partial charge on any atom is 0.491 e. The molecule has 0 aliphatic carbocycles. The largest absolute Gasteiger partial charge is 0.491 e. The molecule has 0 saturated heterocycles. The van der Waals surface area contributed by atoms with E-state index in [0.717, 1.165) is 0 Å². The van der Waals surface area contributed by atoms with E-state index in [-0.39, 0.29) is 12.1 Å². The van der Waals surface area contributed by atoms with E-state index < -0.39 is 34.0 Å². The van der Waals surface area contributed by atoms with Crippen LogP contribution in [0.5, 0.6) is 0 Å². The van der Waals surface area contributed by atoms with E-state index in [1.165, 1.54) is 0 Å². The Morgan fingerprint density at radius 2 is 1.56 bits per heavy atom. The van der Waals surface area contributed by atoms with Crippen molar-refractivity contribution in [2.45, 2.75) is 12.5 Å². The summed E-state index contributed by atoms with van der Waals surface area (Å²) < 4.78 is 71.9. The summed E-state index contributed by atoms with van der Waals surface area (Å²) in [5, 5.41) is 0. The van der Waals surface area contributed by atoms with E-state index in [0.29, 0.717) is 0 Å². The van der Waals surface area contributed by atoms with Gasteiger partial charge in [-0.05, 0) is 6.07 Å². The van der Waals surface area contributed by atoms with Crippen LogP contribution in [0, 0.1) is 0 Å². The molecule has 0 radical (unpaired) electrons. The summed E-state index contributed by atoms with van der Waals surface area (Å²) in [7, 11) is 0. The number of hydrogen-bond acceptors (Lipinski definition) is 2. The van der Waals surface area contributed by atoms with Gasteiger partial charge in [-0.15, -0.1) is 13.2 Å². The normalized spacial score (nSPS) is 12.9. The van der Waals surface area contributed by atoms with Crippen LogP contribution < -0.4 is 11.3 Å². The van der Waals surface area contributed by atoms with Crippen LogP contribution in [0.2, 0.25) is 0 Å². The summed E-state index contributed by atoms with van der Waals surface area (Å²) in [5.74, 6) is 0. The highest BCUT2D eigenvalue weighted by molar-refractivity contribution is 5.38. The lowest BCUT2D eigenvalue weighted by Crippen LogP contribution is -2.36. The molecule has 1 heterocycles. The summed E-state index contributed by atoms with van der Waals surface area (Å²) in [6.45, 7) is 0. The zero-order chi connectivity index (χ0) is 12.7. The fourth-order valence-corrected chi connectivity index (χ4v) is 1.06. The minimum absolute atomic E-state index is 0.0505. The van der Waals surface area contributed by atoms with Gasteiger partial charge in [0.25, 0.3) is 5.56 Å². The lowest BCUT2D eigenvalue weighted by Gasteiger charge is -2.17. The first-order valence-corrected chi connectivity index (χ1v) is 3.70. The van der Waals surface area contributed by atoms with Crippen molar-refractivity contribution in [2.75, 3.05) is 5.73 Å². The van der Waals surface area contributed by atoms with E-state index in [2.05, 4.69) is 0 Å². The van der Waals surface area contributed by atoms with Crippen LogP contribution in [-0.4, -0.2) is 4.57 Å². The number of pyridine rings is 1. The number of aromatic nitrogens is 1. The Labute approximate surface area is 84.1 Å². The van der Waals surface area contributed by atoms with Crippen LogP contribution in [0.1, 0.15) is 5.69 Å². The molecule has 0 unspecified atom stereocenters. The number of nitrogens with zero attached hydrogens (tertiary/aromatic N) is 1. The Balaban J connectivity index is 3.65. The first kappa shape index (κ1) is 12.4. The highest BCUT2D eigenvalue weighted by Gasteiger charge is 2.43. The Bertz CT molecular complexity index is 457. The first-order valence-electron chi connectivity index (χ1n) is 3.70. The SMILES string of the molecule is Nc1cc(C(F)(F)F)n(C(F)(F)F)c(=O)c1. The Kier molecular flexibility index (Phi) is 2.65. The highest BCUT2D eigenvalue weighted by Crippen LogP contribution is 2.33. The van der Waals surface area contributed by atoms with Gasteiger partial charge in [0.05, 0.1) is 0 Å². The number of anilines is 1. The van der Waals surface area contributed by atoms with Crippen molar-refractivity contribution < 1.29 is 26.3 Å². The second kappa shape index (κ2) is 3.42. The van der Waals surface area contributed by atoms with Gasteiger partial charge in [0.2, 0.25) is 0 Å². The molecule has 90 valence electrons. The smallest absolute Gasteiger partial charge is 0.399 e. The number of alkyl halides is 6. The van der Waals surface area contributed by atoms with Gasteiger partial charge in [-0.3, -0.25) is 4.79 Å². The molecule has 0 aromatic carbocycles. The van der Waals surface area contributed by atoms with Crippen molar-refractivity contribution in [3.63, 3.8) is 0 Å². The summed E-state index contributed by atoms with van der Waals surface area (Å²) in [6.07, 6.45) is -10.8. The molecule has 2 N–H and O–H groups in total. The average Bonchev–Trinajstić information content (AvgIpc) is 1.97. The minimum atomic E-state index is -5.45. The summed E-state index contributed by atoms with van der Waals surface area (Å²) in [6, 6.07) is 0.317. The molecule has 0 aliphatic heterocycles. The van der Waals surface area contributed by atoms with E-state index in [1.807, 2.05) is 0 Å². The van der Waals surface area contributed by atoms with E-state index in [4.69, 9.17) is 5.73 Å². The molecular formula is C7H4F6N2O. The molecule has 0 bridgehead atoms. The predicted octanol–water partition coefficient (Wildman–Crippen LogP) is 1.93. The second-order valence-electron chi connectivity index (χ2n) is 2.81. The fraction of sp³-hybridized carbons (Fsp3) is 0.286. The zero-order valence-corrected chi connectivity index (χ0v) is 7.36. The molecule has 0 spiro atoms. The summed E-state index contributed by atoms with van der Waals surface area (Å²) in [4.78, 5) is 10.8. The van der Waals surface area contributed by atoms with Crippen molar-refractivity contribution in [2.24, 2.45) is 0 Å². The average molecular weight is 246 g/mol. The first-order chi connectivity index (χ1) is 7.03. The maximum atomic E-state index is 12.2. The molecule has 0 saturated carbocycles. The molecule has 1 rings (SSSR count). The van der Waals surface area contributed by atoms with Gasteiger partial charge < -0.3 is 5.73 Å². The standard InChI is InChI=1S/C7H4F6N2O/c8-6(9,10)4-1-3(14)2-5(16)15(4)7(11,12)13/h1-2H,14H2. The Morgan fingerprint density at radius 3 is 1.94 bits per heavy atom. The minimum Gasteiger partial charge on any atom is -0.399 e. The third kappa shape index (κ3) is 2.28. The van der Waals surface area contributed by atoms with Gasteiger partial charge in [-0.25, -0.2) is 4.57 Å². The molecule has 0 atom stereocenters. The van der Waals surface area contributed by atoms with Gasteiger partial charge in [0.1, 0.15) is 5.69 Å². The van der Waals surface area contributed by atoms with Crippen LogP contribution >= 0.6 is 0 Å². The van der Waals surface area contributed by atoms with Gasteiger partial charge >= 0.3 is 12.5 Å². The van der Waals surface area contributed by atoms with Crippen molar-refractivity contribution in [1.82, 2.24) is 4.57 Å². The van der Waals surface area contributed by atoms with E-state index >= 15 is 0 Å². The fourth-order valence-electron chi connectivity index (χ4n) is 1.06. The lowest BCUT2D eigenvalue weighted by molar-refractivity contribution is -0.224. The van der Waals surface area contributed by atoms with Gasteiger partial charge in [0.15, 0.2) is 0 Å². The van der Waals surface area contributed by atoms with Gasteiger partial charge in [0, 0.05) is 11.8 Å². The molecular weight excluding hydrogens is 242 g/mol. The van der Waals surface area contributed by atoms with E-state index in [9.17, 15) is 31.1 Å². The molecule has 1 aromatic rings. The topological polar surface area (TPSA) is 48.0 Å². The molecule has 16 heavy (non-hydrogen) atoms. The maximum absolute atomic E-state index is 12.2. The quantitative estimate of drug-likeness (QED) is 0.711. The Hall–Kier alpha value is -1.67. The number of nitrogen functional groups attached to an aromatic ring is 1. The van der Waals surface area contributed by atoms with Gasteiger partial charge in [-0.2, -0.15) is 13.2 Å². The van der Waals surface area contributed by atoms with Crippen LogP contribution in [0.4, 0.5) is 32.0 Å². The zero-order valence-electron chi connectivity index (χ0n) is 7.36. The Morgan fingerprint density at radius 1 is 1.06 bits per heavy atom. The number of hydrogen-bond donors (Lipinski definition) is 1. The molecule has 0 amide bonds. The lowest BCUT2D eigenvalue weighted by atomic mass is 10.3. The second-order valence-corrected chi connectivity index (χ2v) is 2.81. The number of halogens is 6. The van der Waals surface area contributed by atoms with Crippen molar-refractivity contribution >= 4 is 5.69 Å². The number of nitrogens with two attached hydrogens (primary N) is 1. The van der Waals surface area contributed by atoms with Crippen LogP contribution in [0.25, 0.3) is 0 Å². The molecule has 1 aromatic heterocycles. The third-order valence-corrected chi connectivity index (χ3v) is 1.60. The third-order valence-electron chi connectivity index (χ3n) is 1.60. The predicted molar refractivity (Wildman–Crippen MR) is 41.4 cm³/mol. The molecule has 9 heteroatoms. The van der Waals surface area contributed by atoms with Crippen molar-refractivity contribution in [1.29, 1.82) is 0 Å². The van der Waals surface area contributed by atoms with Crippen LogP contribution in [0.15, 0.2) is 16.9 Å². The molecule has 0 fully saturated rings. The highest BCUT2D eigenvalue weighted by atomic mass is 19.4. The molecule has 3 nitrogen and oxygen atoms in total. The van der Waals surface area contributed by atoms with E-state index in [1.54, 1.807) is 0 Å². The van der Waals surface area contributed by atoms with Crippen LogP contribution in [-0.2, 0) is 12.5 Å². The van der Waals surface area contributed by atoms with Crippen LogP contribution in [0.3, 0.4) is 0 Å². The summed E-state index contributed by atoms with van der Waals surface area (Å²) >= 11 is 0. The number of rotatable bonds is 0. The summed E-state index contributed by atoms with van der Waals surface area (Å²) in [5.41, 5.74) is 0.182.